The number of likely N-dealkylation sites (N-methyl/N-ethyl adjacent to an activating group) is 1. The lowest BCUT2D eigenvalue weighted by molar-refractivity contribution is -0.136. The number of amides is 3. The van der Waals surface area contributed by atoms with Crippen LogP contribution in [-0.2, 0) is 16.1 Å². The van der Waals surface area contributed by atoms with Gasteiger partial charge in [-0.15, -0.1) is 0 Å². The van der Waals surface area contributed by atoms with Gasteiger partial charge in [0, 0.05) is 44.2 Å². The largest absolute Gasteiger partial charge is 0.322 e. The molecule has 7 nitrogen and oxygen atoms in total. The van der Waals surface area contributed by atoms with E-state index in [2.05, 4.69) is 28.6 Å². The minimum absolute atomic E-state index is 0.121. The highest BCUT2D eigenvalue weighted by molar-refractivity contribution is 6.05. The first-order chi connectivity index (χ1) is 12.0. The maximum atomic E-state index is 12.7. The van der Waals surface area contributed by atoms with Crippen LogP contribution in [0.4, 0.5) is 0 Å². The van der Waals surface area contributed by atoms with Gasteiger partial charge in [-0.1, -0.05) is 12.1 Å². The molecule has 3 heterocycles. The Morgan fingerprint density at radius 1 is 1.20 bits per heavy atom. The van der Waals surface area contributed by atoms with E-state index in [-0.39, 0.29) is 30.2 Å². The van der Waals surface area contributed by atoms with Crippen LogP contribution in [-0.4, -0.2) is 60.2 Å². The van der Waals surface area contributed by atoms with Crippen molar-refractivity contribution in [2.75, 3.05) is 26.7 Å². The van der Waals surface area contributed by atoms with E-state index in [1.165, 1.54) is 5.56 Å². The molecule has 0 aliphatic carbocycles. The SMILES string of the molecule is CN1CCNC(c2ccc3c(c2)CN(C2CCC(=O)NC2=O)C3=O)C1. The summed E-state index contributed by atoms with van der Waals surface area (Å²) >= 11 is 0. The lowest BCUT2D eigenvalue weighted by Crippen LogP contribution is -2.52. The van der Waals surface area contributed by atoms with Crippen molar-refractivity contribution in [3.8, 4) is 0 Å². The van der Waals surface area contributed by atoms with Crippen LogP contribution in [0.5, 0.6) is 0 Å². The Bertz CT molecular complexity index is 748. The zero-order valence-corrected chi connectivity index (χ0v) is 14.2. The first kappa shape index (κ1) is 16.2. The fourth-order valence-corrected chi connectivity index (χ4v) is 3.93. The average molecular weight is 342 g/mol. The van der Waals surface area contributed by atoms with Gasteiger partial charge in [0.2, 0.25) is 11.8 Å². The molecule has 3 aliphatic heterocycles. The van der Waals surface area contributed by atoms with Crippen molar-refractivity contribution in [1.82, 2.24) is 20.4 Å². The van der Waals surface area contributed by atoms with E-state index in [0.717, 1.165) is 25.2 Å². The molecule has 2 N–H and O–H groups in total. The van der Waals surface area contributed by atoms with Crippen LogP contribution < -0.4 is 10.6 Å². The lowest BCUT2D eigenvalue weighted by Gasteiger charge is -2.31. The molecular weight excluding hydrogens is 320 g/mol. The number of nitrogens with zero attached hydrogens (tertiary/aromatic N) is 2. The zero-order chi connectivity index (χ0) is 17.6. The predicted molar refractivity (Wildman–Crippen MR) is 90.7 cm³/mol. The summed E-state index contributed by atoms with van der Waals surface area (Å²) in [6.07, 6.45) is 0.673. The van der Waals surface area contributed by atoms with E-state index in [9.17, 15) is 14.4 Å². The third-order valence-corrected chi connectivity index (χ3v) is 5.33. The van der Waals surface area contributed by atoms with E-state index in [0.29, 0.717) is 18.5 Å². The highest BCUT2D eigenvalue weighted by Crippen LogP contribution is 2.30. The average Bonchev–Trinajstić information content (AvgIpc) is 2.91. The Balaban J connectivity index is 1.55. The quantitative estimate of drug-likeness (QED) is 0.741. The van der Waals surface area contributed by atoms with Crippen LogP contribution in [0.15, 0.2) is 18.2 Å². The molecule has 7 heteroatoms. The van der Waals surface area contributed by atoms with Crippen LogP contribution in [0.25, 0.3) is 0 Å². The summed E-state index contributed by atoms with van der Waals surface area (Å²) in [6.45, 7) is 3.34. The van der Waals surface area contributed by atoms with Crippen molar-refractivity contribution in [1.29, 1.82) is 0 Å². The van der Waals surface area contributed by atoms with Gasteiger partial charge in [-0.05, 0) is 30.7 Å². The van der Waals surface area contributed by atoms with Gasteiger partial charge in [0.15, 0.2) is 0 Å². The Hall–Kier alpha value is -2.25. The van der Waals surface area contributed by atoms with Crippen molar-refractivity contribution >= 4 is 17.7 Å². The number of carbonyl (C=O) groups excluding carboxylic acids is 3. The molecule has 2 fully saturated rings. The molecule has 1 aromatic rings. The minimum Gasteiger partial charge on any atom is -0.322 e. The monoisotopic (exact) mass is 342 g/mol. The molecule has 4 rings (SSSR count). The molecule has 0 spiro atoms. The van der Waals surface area contributed by atoms with Gasteiger partial charge in [0.05, 0.1) is 0 Å². The number of hydrogen-bond acceptors (Lipinski definition) is 5. The number of fused-ring (bicyclic) bond motifs is 1. The summed E-state index contributed by atoms with van der Waals surface area (Å²) in [4.78, 5) is 40.0. The van der Waals surface area contributed by atoms with Gasteiger partial charge in [-0.3, -0.25) is 19.7 Å². The fraction of sp³-hybridized carbons (Fsp3) is 0.500. The number of nitrogens with one attached hydrogen (secondary N) is 2. The first-order valence-corrected chi connectivity index (χ1v) is 8.72. The molecule has 0 bridgehead atoms. The Morgan fingerprint density at radius 2 is 2.04 bits per heavy atom. The van der Waals surface area contributed by atoms with Crippen molar-refractivity contribution < 1.29 is 14.4 Å². The van der Waals surface area contributed by atoms with E-state index >= 15 is 0 Å². The number of piperazine rings is 1. The molecule has 0 saturated carbocycles. The Labute approximate surface area is 146 Å². The zero-order valence-electron chi connectivity index (χ0n) is 14.2. The van der Waals surface area contributed by atoms with Crippen LogP contribution in [0.3, 0.4) is 0 Å². The van der Waals surface area contributed by atoms with E-state index in [1.807, 2.05) is 12.1 Å². The lowest BCUT2D eigenvalue weighted by atomic mass is 9.99. The predicted octanol–water partition coefficient (Wildman–Crippen LogP) is 0.0237. The third kappa shape index (κ3) is 2.94. The second kappa shape index (κ2) is 6.24. The van der Waals surface area contributed by atoms with Gasteiger partial charge < -0.3 is 15.1 Å². The molecular formula is C18H22N4O3. The number of hydrogen-bond donors (Lipinski definition) is 2. The van der Waals surface area contributed by atoms with E-state index in [4.69, 9.17) is 0 Å². The third-order valence-electron chi connectivity index (χ3n) is 5.33. The first-order valence-electron chi connectivity index (χ1n) is 8.72. The molecule has 2 saturated heterocycles. The number of piperidine rings is 1. The van der Waals surface area contributed by atoms with E-state index < -0.39 is 6.04 Å². The van der Waals surface area contributed by atoms with Crippen molar-refractivity contribution in [3.05, 3.63) is 34.9 Å². The molecule has 1 aromatic carbocycles. The van der Waals surface area contributed by atoms with Gasteiger partial charge in [0.1, 0.15) is 6.04 Å². The van der Waals surface area contributed by atoms with Crippen LogP contribution in [0, 0.1) is 0 Å². The van der Waals surface area contributed by atoms with E-state index in [1.54, 1.807) is 4.90 Å². The second-order valence-electron chi connectivity index (χ2n) is 7.09. The smallest absolute Gasteiger partial charge is 0.255 e. The summed E-state index contributed by atoms with van der Waals surface area (Å²) < 4.78 is 0. The maximum absolute atomic E-state index is 12.7. The molecule has 0 aromatic heterocycles. The van der Waals surface area contributed by atoms with Crippen LogP contribution in [0.2, 0.25) is 0 Å². The Morgan fingerprint density at radius 3 is 2.80 bits per heavy atom. The molecule has 2 unspecified atom stereocenters. The van der Waals surface area contributed by atoms with Gasteiger partial charge >= 0.3 is 0 Å². The van der Waals surface area contributed by atoms with Crippen molar-refractivity contribution in [2.24, 2.45) is 0 Å². The number of benzene rings is 1. The fourth-order valence-electron chi connectivity index (χ4n) is 3.93. The van der Waals surface area contributed by atoms with Gasteiger partial charge in [-0.2, -0.15) is 0 Å². The standard InChI is InChI=1S/C18H22N4O3/c1-21-7-6-19-14(10-21)11-2-3-13-12(8-11)9-22(18(13)25)15-4-5-16(23)20-17(15)24/h2-3,8,14-15,19H,4-7,9-10H2,1H3,(H,20,23,24). The van der Waals surface area contributed by atoms with Crippen molar-refractivity contribution in [3.63, 3.8) is 0 Å². The highest BCUT2D eigenvalue weighted by atomic mass is 16.2. The molecule has 2 atom stereocenters. The molecule has 25 heavy (non-hydrogen) atoms. The maximum Gasteiger partial charge on any atom is 0.255 e. The van der Waals surface area contributed by atoms with Crippen LogP contribution >= 0.6 is 0 Å². The molecule has 3 amide bonds. The number of imide groups is 1. The summed E-state index contributed by atoms with van der Waals surface area (Å²) in [5.74, 6) is -0.752. The van der Waals surface area contributed by atoms with Gasteiger partial charge in [0.25, 0.3) is 5.91 Å². The van der Waals surface area contributed by atoms with Gasteiger partial charge in [-0.25, -0.2) is 0 Å². The summed E-state index contributed by atoms with van der Waals surface area (Å²) in [5, 5.41) is 5.85. The van der Waals surface area contributed by atoms with Crippen molar-refractivity contribution in [2.45, 2.75) is 31.5 Å². The highest BCUT2D eigenvalue weighted by Gasteiger charge is 2.39. The Kier molecular flexibility index (Phi) is 4.05. The normalized spacial score (nSPS) is 27.4. The number of carbonyl (C=O) groups is 3. The molecule has 0 radical (unpaired) electrons. The molecule has 3 aliphatic rings. The number of rotatable bonds is 2. The topological polar surface area (TPSA) is 81.8 Å². The summed E-state index contributed by atoms with van der Waals surface area (Å²) in [7, 11) is 2.11. The summed E-state index contributed by atoms with van der Waals surface area (Å²) in [5.41, 5.74) is 2.79. The summed E-state index contributed by atoms with van der Waals surface area (Å²) in [6, 6.07) is 5.65. The van der Waals surface area contributed by atoms with Crippen LogP contribution in [0.1, 0.15) is 40.4 Å². The second-order valence-corrected chi connectivity index (χ2v) is 7.09. The minimum atomic E-state index is -0.556. The molecule has 132 valence electrons.